The second-order valence-corrected chi connectivity index (χ2v) is 7.43. The fraction of sp³-hybridized carbons (Fsp3) is 0.929. The molecular formula is C14H28N2. The van der Waals surface area contributed by atoms with E-state index >= 15 is 0 Å². The molecule has 0 N–H and O–H groups in total. The molecule has 0 amide bonds. The minimum atomic E-state index is 0.234. The second kappa shape index (κ2) is 4.05. The molecule has 0 aliphatic carbocycles. The van der Waals surface area contributed by atoms with Crippen LogP contribution in [0.2, 0.25) is 0 Å². The van der Waals surface area contributed by atoms with Gasteiger partial charge in [0.05, 0.1) is 18.4 Å². The smallest absolute Gasteiger partial charge is 0.0860 e. The Bertz CT molecular complexity index is 265. The molecule has 0 saturated heterocycles. The van der Waals surface area contributed by atoms with Gasteiger partial charge in [0.2, 0.25) is 0 Å². The van der Waals surface area contributed by atoms with Crippen molar-refractivity contribution in [2.24, 2.45) is 15.8 Å². The zero-order valence-electron chi connectivity index (χ0n) is 12.2. The fourth-order valence-corrected chi connectivity index (χ4v) is 2.54. The van der Waals surface area contributed by atoms with Gasteiger partial charge in [-0.15, -0.1) is 0 Å². The topological polar surface area (TPSA) is 15.6 Å². The lowest BCUT2D eigenvalue weighted by atomic mass is 9.73. The van der Waals surface area contributed by atoms with Crippen LogP contribution in [0.3, 0.4) is 0 Å². The lowest BCUT2D eigenvalue weighted by Gasteiger charge is -2.43. The monoisotopic (exact) mass is 224 g/mol. The van der Waals surface area contributed by atoms with Gasteiger partial charge in [0.1, 0.15) is 0 Å². The fourth-order valence-electron chi connectivity index (χ4n) is 2.54. The molecule has 0 bridgehead atoms. The van der Waals surface area contributed by atoms with Gasteiger partial charge in [-0.3, -0.25) is 4.99 Å². The van der Waals surface area contributed by atoms with Crippen molar-refractivity contribution >= 4 is 6.34 Å². The molecule has 2 heteroatoms. The van der Waals surface area contributed by atoms with E-state index < -0.39 is 0 Å². The first-order valence-electron chi connectivity index (χ1n) is 6.36. The van der Waals surface area contributed by atoms with Gasteiger partial charge in [-0.2, -0.15) is 0 Å². The van der Waals surface area contributed by atoms with Crippen LogP contribution in [-0.4, -0.2) is 29.4 Å². The zero-order valence-corrected chi connectivity index (χ0v) is 12.2. The van der Waals surface area contributed by atoms with Crippen LogP contribution in [0.25, 0.3) is 0 Å². The third-order valence-electron chi connectivity index (χ3n) is 3.35. The highest BCUT2D eigenvalue weighted by Crippen LogP contribution is 2.39. The normalized spacial score (nSPS) is 26.9. The Morgan fingerprint density at radius 2 is 1.50 bits per heavy atom. The van der Waals surface area contributed by atoms with E-state index in [1.807, 2.05) is 0 Å². The average molecular weight is 224 g/mol. The van der Waals surface area contributed by atoms with Crippen LogP contribution in [0.5, 0.6) is 0 Å². The van der Waals surface area contributed by atoms with Gasteiger partial charge < -0.3 is 4.90 Å². The Balaban J connectivity index is 3.03. The van der Waals surface area contributed by atoms with Crippen LogP contribution >= 0.6 is 0 Å². The summed E-state index contributed by atoms with van der Waals surface area (Å²) >= 11 is 0. The highest BCUT2D eigenvalue weighted by Gasteiger charge is 2.45. The lowest BCUT2D eigenvalue weighted by molar-refractivity contribution is 0.0982. The molecule has 2 nitrogen and oxygen atoms in total. The van der Waals surface area contributed by atoms with Gasteiger partial charge in [-0.1, -0.05) is 41.5 Å². The Morgan fingerprint density at radius 1 is 1.00 bits per heavy atom. The number of hydrogen-bond acceptors (Lipinski definition) is 2. The second-order valence-electron chi connectivity index (χ2n) is 7.43. The van der Waals surface area contributed by atoms with Crippen LogP contribution in [0, 0.1) is 10.8 Å². The molecule has 2 unspecified atom stereocenters. The maximum atomic E-state index is 4.76. The summed E-state index contributed by atoms with van der Waals surface area (Å²) in [4.78, 5) is 7.18. The van der Waals surface area contributed by atoms with Crippen LogP contribution in [0.15, 0.2) is 4.99 Å². The summed E-state index contributed by atoms with van der Waals surface area (Å²) < 4.78 is 0. The number of rotatable bonds is 1. The molecule has 0 saturated carbocycles. The van der Waals surface area contributed by atoms with Gasteiger partial charge in [-0.05, 0) is 24.7 Å². The summed E-state index contributed by atoms with van der Waals surface area (Å²) in [5.74, 6) is 0. The highest BCUT2D eigenvalue weighted by atomic mass is 15.3. The van der Waals surface area contributed by atoms with Crippen molar-refractivity contribution in [2.75, 3.05) is 0 Å². The van der Waals surface area contributed by atoms with Gasteiger partial charge in [-0.25, -0.2) is 0 Å². The molecule has 0 aromatic heterocycles. The molecule has 94 valence electrons. The molecule has 0 aromatic carbocycles. The molecular weight excluding hydrogens is 196 g/mol. The van der Waals surface area contributed by atoms with Crippen molar-refractivity contribution in [2.45, 2.75) is 73.5 Å². The Labute approximate surface area is 101 Å². The Kier molecular flexibility index (Phi) is 3.42. The zero-order chi connectivity index (χ0) is 12.7. The van der Waals surface area contributed by atoms with E-state index in [2.05, 4.69) is 66.6 Å². The Morgan fingerprint density at radius 3 is 1.81 bits per heavy atom. The first-order chi connectivity index (χ1) is 7.05. The third kappa shape index (κ3) is 2.58. The molecule has 0 fully saturated rings. The predicted molar refractivity (Wildman–Crippen MR) is 72.0 cm³/mol. The van der Waals surface area contributed by atoms with Crippen LogP contribution < -0.4 is 0 Å². The van der Waals surface area contributed by atoms with E-state index in [0.29, 0.717) is 18.1 Å². The summed E-state index contributed by atoms with van der Waals surface area (Å²) in [7, 11) is 0. The summed E-state index contributed by atoms with van der Waals surface area (Å²) in [5, 5.41) is 0. The van der Waals surface area contributed by atoms with Crippen LogP contribution in [0.4, 0.5) is 0 Å². The maximum Gasteiger partial charge on any atom is 0.0860 e. The van der Waals surface area contributed by atoms with Gasteiger partial charge in [0.25, 0.3) is 0 Å². The van der Waals surface area contributed by atoms with Crippen molar-refractivity contribution in [3.05, 3.63) is 0 Å². The van der Waals surface area contributed by atoms with E-state index in [1.165, 1.54) is 0 Å². The minimum Gasteiger partial charge on any atom is -0.355 e. The standard InChI is InChI=1S/C14H28N2/c1-10(2)16-9-15-11(13(3,4)5)12(16)14(6,7)8/h9-12H,1-8H3. The molecule has 1 rings (SSSR count). The Hall–Kier alpha value is -0.530. The van der Waals surface area contributed by atoms with E-state index in [1.54, 1.807) is 0 Å². The van der Waals surface area contributed by atoms with Crippen molar-refractivity contribution < 1.29 is 0 Å². The molecule has 1 heterocycles. The number of aliphatic imine (C=N–C) groups is 1. The molecule has 0 radical (unpaired) electrons. The molecule has 1 aliphatic rings. The van der Waals surface area contributed by atoms with Gasteiger partial charge in [0, 0.05) is 6.04 Å². The molecule has 2 atom stereocenters. The maximum absolute atomic E-state index is 4.76. The van der Waals surface area contributed by atoms with Gasteiger partial charge >= 0.3 is 0 Å². The van der Waals surface area contributed by atoms with Crippen LogP contribution in [0.1, 0.15) is 55.4 Å². The van der Waals surface area contributed by atoms with E-state index in [0.717, 1.165) is 0 Å². The highest BCUT2D eigenvalue weighted by molar-refractivity contribution is 5.60. The average Bonchev–Trinajstić information content (AvgIpc) is 2.43. The molecule has 0 aromatic rings. The quantitative estimate of drug-likeness (QED) is 0.665. The van der Waals surface area contributed by atoms with Crippen molar-refractivity contribution in [3.8, 4) is 0 Å². The first kappa shape index (κ1) is 13.5. The predicted octanol–water partition coefficient (Wildman–Crippen LogP) is 3.57. The van der Waals surface area contributed by atoms with Crippen molar-refractivity contribution in [3.63, 3.8) is 0 Å². The summed E-state index contributed by atoms with van der Waals surface area (Å²) in [6.07, 6.45) is 2.07. The summed E-state index contributed by atoms with van der Waals surface area (Å²) in [6, 6.07) is 1.43. The van der Waals surface area contributed by atoms with Crippen molar-refractivity contribution in [1.82, 2.24) is 4.90 Å². The first-order valence-corrected chi connectivity index (χ1v) is 6.36. The van der Waals surface area contributed by atoms with E-state index in [4.69, 9.17) is 4.99 Å². The molecule has 16 heavy (non-hydrogen) atoms. The van der Waals surface area contributed by atoms with Crippen LogP contribution in [-0.2, 0) is 0 Å². The number of nitrogens with zero attached hydrogens (tertiary/aromatic N) is 2. The van der Waals surface area contributed by atoms with Gasteiger partial charge in [0.15, 0.2) is 0 Å². The van der Waals surface area contributed by atoms with E-state index in [9.17, 15) is 0 Å². The van der Waals surface area contributed by atoms with E-state index in [-0.39, 0.29) is 10.8 Å². The summed E-state index contributed by atoms with van der Waals surface area (Å²) in [5.41, 5.74) is 0.497. The third-order valence-corrected chi connectivity index (χ3v) is 3.35. The summed E-state index contributed by atoms with van der Waals surface area (Å²) in [6.45, 7) is 18.3. The lowest BCUT2D eigenvalue weighted by Crippen LogP contribution is -2.52. The molecule has 0 spiro atoms. The largest absolute Gasteiger partial charge is 0.355 e. The number of hydrogen-bond donors (Lipinski definition) is 0. The minimum absolute atomic E-state index is 0.234. The SMILES string of the molecule is CC(C)N1C=NC(C(C)(C)C)C1C(C)(C)C. The van der Waals surface area contributed by atoms with Crippen molar-refractivity contribution in [1.29, 1.82) is 0 Å². The molecule has 1 aliphatic heterocycles.